The van der Waals surface area contributed by atoms with Crippen molar-refractivity contribution in [2.24, 2.45) is 0 Å². The molecule has 0 fully saturated rings. The molecule has 1 N–H and O–H groups in total. The van der Waals surface area contributed by atoms with Crippen LogP contribution in [0.2, 0.25) is 0 Å². The maximum Gasteiger partial charge on any atom is 0.341 e. The zero-order chi connectivity index (χ0) is 23.9. The molecule has 3 aromatic rings. The molecule has 0 radical (unpaired) electrons. The predicted octanol–water partition coefficient (Wildman–Crippen LogP) is 5.65. The van der Waals surface area contributed by atoms with Crippen molar-refractivity contribution in [3.63, 3.8) is 0 Å². The maximum atomic E-state index is 12.6. The summed E-state index contributed by atoms with van der Waals surface area (Å²) in [6.07, 6.45) is 5.93. The van der Waals surface area contributed by atoms with Gasteiger partial charge in [-0.2, -0.15) is 0 Å². The number of fused-ring (bicyclic) bond motifs is 1. The largest absolute Gasteiger partial charge is 0.493 e. The molecule has 1 heterocycles. The van der Waals surface area contributed by atoms with E-state index in [-0.39, 0.29) is 11.9 Å². The van der Waals surface area contributed by atoms with E-state index in [2.05, 4.69) is 5.32 Å². The summed E-state index contributed by atoms with van der Waals surface area (Å²) >= 11 is 1.46. The summed E-state index contributed by atoms with van der Waals surface area (Å²) in [5.41, 5.74) is 3.37. The summed E-state index contributed by atoms with van der Waals surface area (Å²) in [4.78, 5) is 26.3. The van der Waals surface area contributed by atoms with E-state index in [9.17, 15) is 9.59 Å². The Hall–Kier alpha value is -3.58. The van der Waals surface area contributed by atoms with Crippen LogP contribution in [-0.4, -0.2) is 25.6 Å². The fourth-order valence-electron chi connectivity index (χ4n) is 3.88. The van der Waals surface area contributed by atoms with Crippen molar-refractivity contribution in [3.8, 4) is 11.5 Å². The minimum atomic E-state index is -0.378. The fraction of sp³-hybridized carbons (Fsp3) is 0.259. The van der Waals surface area contributed by atoms with E-state index in [1.807, 2.05) is 48.5 Å². The number of amides is 1. The Morgan fingerprint density at radius 1 is 1.09 bits per heavy atom. The summed E-state index contributed by atoms with van der Waals surface area (Å²) < 4.78 is 16.6. The lowest BCUT2D eigenvalue weighted by molar-refractivity contribution is -0.111. The van der Waals surface area contributed by atoms with Crippen LogP contribution in [0.4, 0.5) is 5.00 Å². The average molecular weight is 478 g/mol. The van der Waals surface area contributed by atoms with Gasteiger partial charge in [0.2, 0.25) is 5.91 Å². The van der Waals surface area contributed by atoms with Gasteiger partial charge in [-0.15, -0.1) is 11.3 Å². The van der Waals surface area contributed by atoms with Gasteiger partial charge in [0.25, 0.3) is 0 Å². The number of aryl methyl sites for hydroxylation is 1. The number of methoxy groups -OCH3 is 1. The lowest BCUT2D eigenvalue weighted by Crippen LogP contribution is -2.13. The van der Waals surface area contributed by atoms with E-state index < -0.39 is 0 Å². The molecule has 1 aliphatic rings. The third-order valence-corrected chi connectivity index (χ3v) is 6.70. The highest BCUT2D eigenvalue weighted by atomic mass is 32.1. The van der Waals surface area contributed by atoms with Crippen molar-refractivity contribution in [3.05, 3.63) is 81.7 Å². The third kappa shape index (κ3) is 5.48. The van der Waals surface area contributed by atoms with E-state index >= 15 is 0 Å². The number of benzene rings is 2. The van der Waals surface area contributed by atoms with Gasteiger partial charge < -0.3 is 19.5 Å². The second-order valence-electron chi connectivity index (χ2n) is 7.79. The normalized spacial score (nSPS) is 12.4. The van der Waals surface area contributed by atoms with E-state index in [1.165, 1.54) is 17.4 Å². The number of hydrogen-bond donors (Lipinski definition) is 1. The van der Waals surface area contributed by atoms with Gasteiger partial charge >= 0.3 is 5.97 Å². The van der Waals surface area contributed by atoms with Crippen molar-refractivity contribution in [1.29, 1.82) is 0 Å². The molecule has 0 spiro atoms. The number of anilines is 1. The number of hydrogen-bond acceptors (Lipinski definition) is 6. The van der Waals surface area contributed by atoms with Crippen molar-refractivity contribution in [2.75, 3.05) is 19.0 Å². The molecule has 1 aliphatic carbocycles. The second-order valence-corrected chi connectivity index (χ2v) is 8.89. The number of ether oxygens (including phenoxy) is 3. The van der Waals surface area contributed by atoms with Gasteiger partial charge in [-0.25, -0.2) is 4.79 Å². The molecule has 176 valence electrons. The summed E-state index contributed by atoms with van der Waals surface area (Å²) in [5, 5.41) is 3.42. The van der Waals surface area contributed by atoms with E-state index in [0.717, 1.165) is 40.8 Å². The SMILES string of the molecule is CCOC(=O)c1c(NC(=O)/C=C/c2ccc(OCc3ccccc3)c(OC)c2)sc2c1CCC2. The molecular weight excluding hydrogens is 450 g/mol. The monoisotopic (exact) mass is 477 g/mol. The zero-order valence-electron chi connectivity index (χ0n) is 19.3. The fourth-order valence-corrected chi connectivity index (χ4v) is 5.16. The molecule has 0 aliphatic heterocycles. The van der Waals surface area contributed by atoms with Gasteiger partial charge in [0, 0.05) is 11.0 Å². The molecule has 6 nitrogen and oxygen atoms in total. The van der Waals surface area contributed by atoms with Crippen LogP contribution in [-0.2, 0) is 29.0 Å². The van der Waals surface area contributed by atoms with Crippen molar-refractivity contribution in [1.82, 2.24) is 0 Å². The van der Waals surface area contributed by atoms with Crippen LogP contribution in [0.5, 0.6) is 11.5 Å². The average Bonchev–Trinajstić information content (AvgIpc) is 3.43. The summed E-state index contributed by atoms with van der Waals surface area (Å²) in [5.74, 6) is 0.517. The molecule has 4 rings (SSSR count). The Morgan fingerprint density at radius 2 is 1.91 bits per heavy atom. The molecule has 0 bridgehead atoms. The first-order valence-electron chi connectivity index (χ1n) is 11.2. The van der Waals surface area contributed by atoms with Crippen LogP contribution in [0.25, 0.3) is 6.08 Å². The maximum absolute atomic E-state index is 12.6. The zero-order valence-corrected chi connectivity index (χ0v) is 20.1. The van der Waals surface area contributed by atoms with E-state index in [0.29, 0.717) is 35.3 Å². The van der Waals surface area contributed by atoms with Crippen LogP contribution in [0.3, 0.4) is 0 Å². The molecule has 1 aromatic heterocycles. The Morgan fingerprint density at radius 3 is 2.68 bits per heavy atom. The standard InChI is InChI=1S/C27H27NO5S/c1-3-32-27(30)25-20-10-7-11-23(20)34-26(25)28-24(29)15-13-18-12-14-21(22(16-18)31-2)33-17-19-8-5-4-6-9-19/h4-6,8-9,12-16H,3,7,10-11,17H2,1-2H3,(H,28,29)/b15-13+. The molecule has 0 saturated carbocycles. The van der Waals surface area contributed by atoms with Gasteiger partial charge in [-0.1, -0.05) is 36.4 Å². The van der Waals surface area contributed by atoms with Crippen molar-refractivity contribution < 1.29 is 23.8 Å². The summed E-state index contributed by atoms with van der Waals surface area (Å²) in [6.45, 7) is 2.50. The number of thiophene rings is 1. The highest BCUT2D eigenvalue weighted by Gasteiger charge is 2.28. The Kier molecular flexibility index (Phi) is 7.65. The number of nitrogens with one attached hydrogen (secondary N) is 1. The molecule has 2 aromatic carbocycles. The van der Waals surface area contributed by atoms with Gasteiger partial charge in [0.15, 0.2) is 11.5 Å². The Labute approximate surface area is 203 Å². The molecule has 0 saturated heterocycles. The van der Waals surface area contributed by atoms with Crippen LogP contribution in [0, 0.1) is 0 Å². The molecule has 1 amide bonds. The number of esters is 1. The second kappa shape index (κ2) is 11.0. The predicted molar refractivity (Wildman–Crippen MR) is 134 cm³/mol. The first-order valence-corrected chi connectivity index (χ1v) is 12.1. The first kappa shape index (κ1) is 23.6. The summed E-state index contributed by atoms with van der Waals surface area (Å²) in [6, 6.07) is 15.4. The number of carbonyl (C=O) groups is 2. The van der Waals surface area contributed by atoms with Crippen LogP contribution in [0.15, 0.2) is 54.6 Å². The van der Waals surface area contributed by atoms with E-state index in [4.69, 9.17) is 14.2 Å². The lowest BCUT2D eigenvalue weighted by Gasteiger charge is -2.11. The summed E-state index contributed by atoms with van der Waals surface area (Å²) in [7, 11) is 1.58. The lowest BCUT2D eigenvalue weighted by atomic mass is 10.1. The Balaban J connectivity index is 1.44. The smallest absolute Gasteiger partial charge is 0.341 e. The Bertz CT molecular complexity index is 1200. The van der Waals surface area contributed by atoms with E-state index in [1.54, 1.807) is 20.1 Å². The topological polar surface area (TPSA) is 73.9 Å². The minimum Gasteiger partial charge on any atom is -0.493 e. The highest BCUT2D eigenvalue weighted by molar-refractivity contribution is 7.17. The number of carbonyl (C=O) groups excluding carboxylic acids is 2. The quantitative estimate of drug-likeness (QED) is 0.318. The molecular formula is C27H27NO5S. The van der Waals surface area contributed by atoms with Gasteiger partial charge in [0.05, 0.1) is 19.3 Å². The van der Waals surface area contributed by atoms with Crippen LogP contribution >= 0.6 is 11.3 Å². The van der Waals surface area contributed by atoms with Crippen LogP contribution < -0.4 is 14.8 Å². The van der Waals surface area contributed by atoms with Crippen molar-refractivity contribution in [2.45, 2.75) is 32.8 Å². The molecule has 0 unspecified atom stereocenters. The molecule has 0 atom stereocenters. The van der Waals surface area contributed by atoms with Gasteiger partial charge in [-0.05, 0) is 61.1 Å². The van der Waals surface area contributed by atoms with Crippen LogP contribution in [0.1, 0.15) is 45.3 Å². The van der Waals surface area contributed by atoms with Gasteiger partial charge in [-0.3, -0.25) is 4.79 Å². The van der Waals surface area contributed by atoms with Crippen molar-refractivity contribution >= 4 is 34.3 Å². The first-order chi connectivity index (χ1) is 16.6. The third-order valence-electron chi connectivity index (χ3n) is 5.49. The molecule has 34 heavy (non-hydrogen) atoms. The van der Waals surface area contributed by atoms with Gasteiger partial charge in [0.1, 0.15) is 11.6 Å². The molecule has 7 heteroatoms. The minimum absolute atomic E-state index is 0.295. The number of rotatable bonds is 9. The highest BCUT2D eigenvalue weighted by Crippen LogP contribution is 2.39.